The third kappa shape index (κ3) is 7.44. The fraction of sp³-hybridized carbons (Fsp3) is 0.160. The Labute approximate surface area is 211 Å². The third-order valence-corrected chi connectivity index (χ3v) is 6.01. The number of halogens is 7. The standard InChI is InChI=1S/C25H17ClF6O3S/c26-21-13-19(7-8-22(21)35-14-23(33)34)36-10-9-20(15-3-1-5-17(11-15)24(27,28)29)16-4-2-6-18(12-16)25(30,31)32/h1-9,11-13H,10,14H2,(H,33,34). The lowest BCUT2D eigenvalue weighted by Gasteiger charge is -2.14. The Morgan fingerprint density at radius 2 is 1.44 bits per heavy atom. The van der Waals surface area contributed by atoms with Crippen LogP contribution in [0.3, 0.4) is 0 Å². The molecule has 0 unspecified atom stereocenters. The zero-order valence-electron chi connectivity index (χ0n) is 18.2. The van der Waals surface area contributed by atoms with Crippen molar-refractivity contribution in [1.29, 1.82) is 0 Å². The Morgan fingerprint density at radius 3 is 1.92 bits per heavy atom. The summed E-state index contributed by atoms with van der Waals surface area (Å²) in [7, 11) is 0. The van der Waals surface area contributed by atoms with Crippen LogP contribution >= 0.6 is 23.4 Å². The first kappa shape index (κ1) is 27.5. The normalized spacial score (nSPS) is 11.8. The summed E-state index contributed by atoms with van der Waals surface area (Å²) in [6.45, 7) is -0.577. The lowest BCUT2D eigenvalue weighted by atomic mass is 9.95. The Kier molecular flexibility index (Phi) is 8.63. The van der Waals surface area contributed by atoms with Gasteiger partial charge in [0.15, 0.2) is 6.61 Å². The molecule has 0 spiro atoms. The minimum absolute atomic E-state index is 0.111. The third-order valence-electron chi connectivity index (χ3n) is 4.79. The van der Waals surface area contributed by atoms with Crippen molar-refractivity contribution in [2.24, 2.45) is 0 Å². The SMILES string of the molecule is O=C(O)COc1ccc(SCC=C(c2cccc(C(F)(F)F)c2)c2cccc(C(F)(F)F)c2)cc1Cl. The van der Waals surface area contributed by atoms with Gasteiger partial charge in [0.25, 0.3) is 0 Å². The van der Waals surface area contributed by atoms with E-state index in [0.717, 1.165) is 24.3 Å². The lowest BCUT2D eigenvalue weighted by molar-refractivity contribution is -0.139. The molecule has 3 rings (SSSR count). The molecule has 0 aromatic heterocycles. The van der Waals surface area contributed by atoms with Gasteiger partial charge in [0.05, 0.1) is 16.1 Å². The van der Waals surface area contributed by atoms with Crippen molar-refractivity contribution in [2.45, 2.75) is 17.2 Å². The summed E-state index contributed by atoms with van der Waals surface area (Å²) < 4.78 is 84.7. The second kappa shape index (κ2) is 11.3. The molecule has 0 amide bonds. The van der Waals surface area contributed by atoms with Crippen molar-refractivity contribution in [1.82, 2.24) is 0 Å². The van der Waals surface area contributed by atoms with Crippen LogP contribution in [0.4, 0.5) is 26.3 Å². The van der Waals surface area contributed by atoms with Gasteiger partial charge in [-0.1, -0.05) is 41.9 Å². The summed E-state index contributed by atoms with van der Waals surface area (Å²) in [5.74, 6) is -0.827. The van der Waals surface area contributed by atoms with Crippen molar-refractivity contribution >= 4 is 34.9 Å². The molecule has 11 heteroatoms. The molecule has 0 saturated carbocycles. The molecule has 0 atom stereocenters. The van der Waals surface area contributed by atoms with E-state index in [1.165, 1.54) is 48.2 Å². The van der Waals surface area contributed by atoms with Crippen molar-refractivity contribution in [3.05, 3.63) is 100 Å². The predicted molar refractivity (Wildman–Crippen MR) is 125 cm³/mol. The fourth-order valence-corrected chi connectivity index (χ4v) is 4.29. The van der Waals surface area contributed by atoms with Crippen molar-refractivity contribution in [3.63, 3.8) is 0 Å². The Bertz CT molecular complexity index is 1210. The van der Waals surface area contributed by atoms with E-state index in [-0.39, 0.29) is 33.2 Å². The number of alkyl halides is 6. The highest BCUT2D eigenvalue weighted by Gasteiger charge is 2.32. The summed E-state index contributed by atoms with van der Waals surface area (Å²) in [6.07, 6.45) is -7.70. The quantitative estimate of drug-likeness (QED) is 0.229. The van der Waals surface area contributed by atoms with Crippen LogP contribution in [0.25, 0.3) is 5.57 Å². The van der Waals surface area contributed by atoms with Crippen LogP contribution in [0.5, 0.6) is 5.75 Å². The van der Waals surface area contributed by atoms with Crippen molar-refractivity contribution in [2.75, 3.05) is 12.4 Å². The Morgan fingerprint density at radius 1 is 0.889 bits per heavy atom. The molecule has 0 radical (unpaired) electrons. The predicted octanol–water partition coefficient (Wildman–Crippen LogP) is 8.07. The highest BCUT2D eigenvalue weighted by molar-refractivity contribution is 7.99. The van der Waals surface area contributed by atoms with Gasteiger partial charge in [-0.15, -0.1) is 11.8 Å². The second-order valence-corrected chi connectivity index (χ2v) is 8.86. The number of aliphatic carboxylic acids is 1. The van der Waals surface area contributed by atoms with Gasteiger partial charge in [0, 0.05) is 10.6 Å². The fourth-order valence-electron chi connectivity index (χ4n) is 3.18. The van der Waals surface area contributed by atoms with Crippen LogP contribution in [0, 0.1) is 0 Å². The van der Waals surface area contributed by atoms with E-state index in [9.17, 15) is 31.1 Å². The minimum atomic E-state index is -4.62. The van der Waals surface area contributed by atoms with Gasteiger partial charge in [-0.25, -0.2) is 4.79 Å². The summed E-state index contributed by atoms with van der Waals surface area (Å²) in [4.78, 5) is 11.3. The number of rotatable bonds is 8. The van der Waals surface area contributed by atoms with Gasteiger partial charge in [0.1, 0.15) is 5.75 Å². The van der Waals surface area contributed by atoms with E-state index < -0.39 is 36.1 Å². The van der Waals surface area contributed by atoms with Gasteiger partial charge < -0.3 is 9.84 Å². The topological polar surface area (TPSA) is 46.5 Å². The van der Waals surface area contributed by atoms with Crippen LogP contribution in [-0.2, 0) is 17.1 Å². The number of carboxylic acids is 1. The number of carbonyl (C=O) groups is 1. The summed E-state index contributed by atoms with van der Waals surface area (Å²) in [5.41, 5.74) is -1.42. The molecule has 0 aliphatic carbocycles. The van der Waals surface area contributed by atoms with Gasteiger partial charge in [-0.3, -0.25) is 0 Å². The molecule has 0 bridgehead atoms. The molecule has 3 aromatic carbocycles. The molecular weight excluding hydrogens is 530 g/mol. The maximum absolute atomic E-state index is 13.3. The van der Waals surface area contributed by atoms with Crippen LogP contribution < -0.4 is 4.74 Å². The smallest absolute Gasteiger partial charge is 0.416 e. The first-order chi connectivity index (χ1) is 16.8. The molecular formula is C25H17ClF6O3S. The highest BCUT2D eigenvalue weighted by Crippen LogP contribution is 2.36. The molecule has 3 aromatic rings. The van der Waals surface area contributed by atoms with E-state index in [1.807, 2.05) is 0 Å². The molecule has 1 N–H and O–H groups in total. The number of hydrogen-bond donors (Lipinski definition) is 1. The van der Waals surface area contributed by atoms with E-state index in [1.54, 1.807) is 12.1 Å². The molecule has 36 heavy (non-hydrogen) atoms. The van der Waals surface area contributed by atoms with Crippen molar-refractivity contribution in [3.8, 4) is 5.75 Å². The van der Waals surface area contributed by atoms with Crippen molar-refractivity contribution < 1.29 is 41.0 Å². The van der Waals surface area contributed by atoms with E-state index in [2.05, 4.69) is 0 Å². The summed E-state index contributed by atoms with van der Waals surface area (Å²) >= 11 is 7.33. The molecule has 0 aliphatic rings. The lowest BCUT2D eigenvalue weighted by Crippen LogP contribution is -2.09. The molecule has 0 fully saturated rings. The Hall–Kier alpha value is -3.11. The number of hydrogen-bond acceptors (Lipinski definition) is 3. The van der Waals surface area contributed by atoms with Gasteiger partial charge in [-0.05, 0) is 59.2 Å². The number of carboxylic acid groups (broad SMARTS) is 1. The average molecular weight is 547 g/mol. The zero-order valence-corrected chi connectivity index (χ0v) is 19.7. The molecule has 0 saturated heterocycles. The molecule has 3 nitrogen and oxygen atoms in total. The van der Waals surface area contributed by atoms with E-state index >= 15 is 0 Å². The first-order valence-corrected chi connectivity index (χ1v) is 11.5. The van der Waals surface area contributed by atoms with Gasteiger partial charge in [0.2, 0.25) is 0 Å². The second-order valence-electron chi connectivity index (χ2n) is 7.36. The first-order valence-electron chi connectivity index (χ1n) is 10.2. The van der Waals surface area contributed by atoms with Crippen LogP contribution in [0.1, 0.15) is 22.3 Å². The number of thioether (sulfide) groups is 1. The minimum Gasteiger partial charge on any atom is -0.480 e. The highest BCUT2D eigenvalue weighted by atomic mass is 35.5. The summed E-state index contributed by atoms with van der Waals surface area (Å²) in [5, 5.41) is 8.85. The monoisotopic (exact) mass is 546 g/mol. The van der Waals surface area contributed by atoms with E-state index in [0.29, 0.717) is 4.90 Å². The van der Waals surface area contributed by atoms with Crippen LogP contribution in [0.2, 0.25) is 5.02 Å². The van der Waals surface area contributed by atoms with E-state index in [4.69, 9.17) is 21.4 Å². The maximum atomic E-state index is 13.3. The molecule has 190 valence electrons. The van der Waals surface area contributed by atoms with Gasteiger partial charge >= 0.3 is 18.3 Å². The summed E-state index contributed by atoms with van der Waals surface area (Å²) in [6, 6.07) is 13.3. The molecule has 0 heterocycles. The number of benzene rings is 3. The van der Waals surface area contributed by atoms with Gasteiger partial charge in [-0.2, -0.15) is 26.3 Å². The Balaban J connectivity index is 1.93. The van der Waals surface area contributed by atoms with Crippen LogP contribution in [-0.4, -0.2) is 23.4 Å². The average Bonchev–Trinajstić information content (AvgIpc) is 2.80. The largest absolute Gasteiger partial charge is 0.480 e. The maximum Gasteiger partial charge on any atom is 0.416 e. The zero-order chi connectivity index (χ0) is 26.5. The van der Waals surface area contributed by atoms with Crippen LogP contribution in [0.15, 0.2) is 77.7 Å². The molecule has 0 aliphatic heterocycles. The number of ether oxygens (including phenoxy) is 1.